The van der Waals surface area contributed by atoms with Crippen molar-refractivity contribution in [2.45, 2.75) is 0 Å². The molecule has 8 heteroatoms. The third kappa shape index (κ3) is 6.46. The lowest BCUT2D eigenvalue weighted by atomic mass is 10.1. The van der Waals surface area contributed by atoms with Crippen molar-refractivity contribution in [2.24, 2.45) is 5.10 Å². The summed E-state index contributed by atoms with van der Waals surface area (Å²) in [6, 6.07) is 20.8. The lowest BCUT2D eigenvalue weighted by Gasteiger charge is -2.12. The average molecular weight is 459 g/mol. The summed E-state index contributed by atoms with van der Waals surface area (Å²) < 4.78 is 5.07. The molecule has 0 aliphatic heterocycles. The van der Waals surface area contributed by atoms with Crippen molar-refractivity contribution in [3.63, 3.8) is 0 Å². The van der Waals surface area contributed by atoms with Crippen LogP contribution in [-0.4, -0.2) is 44.3 Å². The number of hydrazone groups is 1. The van der Waals surface area contributed by atoms with E-state index in [0.29, 0.717) is 11.1 Å². The molecular weight excluding hydrogens is 432 g/mol. The van der Waals surface area contributed by atoms with Gasteiger partial charge in [0, 0.05) is 25.3 Å². The Hall–Kier alpha value is -4.59. The standard InChI is InChI=1S/C26H26N4O4/c1-30(2)21-12-9-18(10-13-21)15-22(28-25(32)20-7-5-4-6-8-20)26(33)29-27-17-19-11-14-23(31)24(16-19)34-3/h4-17,31H,1-3H3,(H,28,32)(H,29,33). The fourth-order valence-corrected chi connectivity index (χ4v) is 2.98. The molecule has 0 saturated carbocycles. The van der Waals surface area contributed by atoms with E-state index >= 15 is 0 Å². The second kappa shape index (κ2) is 11.3. The second-order valence-electron chi connectivity index (χ2n) is 7.49. The van der Waals surface area contributed by atoms with E-state index in [0.717, 1.165) is 11.3 Å². The van der Waals surface area contributed by atoms with Gasteiger partial charge in [-0.15, -0.1) is 0 Å². The number of aromatic hydroxyl groups is 1. The van der Waals surface area contributed by atoms with Gasteiger partial charge in [-0.2, -0.15) is 5.10 Å². The van der Waals surface area contributed by atoms with Gasteiger partial charge >= 0.3 is 0 Å². The number of methoxy groups -OCH3 is 1. The molecule has 3 N–H and O–H groups in total. The number of hydrogen-bond acceptors (Lipinski definition) is 6. The maximum Gasteiger partial charge on any atom is 0.287 e. The Bertz CT molecular complexity index is 1200. The molecule has 0 saturated heterocycles. The Balaban J connectivity index is 1.81. The minimum atomic E-state index is -0.594. The number of phenolic OH excluding ortho intramolecular Hbond substituents is 1. The van der Waals surface area contributed by atoms with Gasteiger partial charge in [0.2, 0.25) is 0 Å². The molecule has 0 aliphatic carbocycles. The van der Waals surface area contributed by atoms with Gasteiger partial charge in [-0.1, -0.05) is 30.3 Å². The van der Waals surface area contributed by atoms with E-state index < -0.39 is 11.8 Å². The molecule has 0 spiro atoms. The number of ether oxygens (including phenoxy) is 1. The Morgan fingerprint density at radius 1 is 0.971 bits per heavy atom. The molecule has 3 rings (SSSR count). The van der Waals surface area contributed by atoms with Crippen molar-refractivity contribution in [2.75, 3.05) is 26.1 Å². The van der Waals surface area contributed by atoms with Crippen LogP contribution in [0.1, 0.15) is 21.5 Å². The van der Waals surface area contributed by atoms with Crippen LogP contribution in [0.25, 0.3) is 6.08 Å². The molecular formula is C26H26N4O4. The van der Waals surface area contributed by atoms with Crippen LogP contribution >= 0.6 is 0 Å². The highest BCUT2D eigenvalue weighted by Gasteiger charge is 2.14. The fraction of sp³-hybridized carbons (Fsp3) is 0.115. The summed E-state index contributed by atoms with van der Waals surface area (Å²) in [5.41, 5.74) is 5.22. The highest BCUT2D eigenvalue weighted by molar-refractivity contribution is 6.05. The van der Waals surface area contributed by atoms with Gasteiger partial charge in [0.25, 0.3) is 11.8 Å². The molecule has 0 fully saturated rings. The molecule has 3 aromatic rings. The highest BCUT2D eigenvalue weighted by Crippen LogP contribution is 2.25. The predicted octanol–water partition coefficient (Wildman–Crippen LogP) is 3.39. The molecule has 0 aliphatic rings. The summed E-state index contributed by atoms with van der Waals surface area (Å²) in [5.74, 6) is -0.730. The molecule has 8 nitrogen and oxygen atoms in total. The number of rotatable bonds is 8. The van der Waals surface area contributed by atoms with E-state index in [1.807, 2.05) is 43.3 Å². The van der Waals surface area contributed by atoms with Crippen molar-refractivity contribution in [1.82, 2.24) is 10.7 Å². The van der Waals surface area contributed by atoms with Crippen LogP contribution in [0.3, 0.4) is 0 Å². The summed E-state index contributed by atoms with van der Waals surface area (Å²) in [6.45, 7) is 0. The number of anilines is 1. The van der Waals surface area contributed by atoms with Crippen LogP contribution in [0.2, 0.25) is 0 Å². The Kier molecular flexibility index (Phi) is 8.02. The van der Waals surface area contributed by atoms with Crippen LogP contribution in [0.15, 0.2) is 83.6 Å². The quantitative estimate of drug-likeness (QED) is 0.273. The van der Waals surface area contributed by atoms with Gasteiger partial charge < -0.3 is 20.1 Å². The van der Waals surface area contributed by atoms with Crippen molar-refractivity contribution < 1.29 is 19.4 Å². The molecule has 0 bridgehead atoms. The Morgan fingerprint density at radius 3 is 2.29 bits per heavy atom. The number of nitrogens with zero attached hydrogens (tertiary/aromatic N) is 2. The predicted molar refractivity (Wildman–Crippen MR) is 133 cm³/mol. The molecule has 2 amide bonds. The zero-order chi connectivity index (χ0) is 24.5. The van der Waals surface area contributed by atoms with E-state index in [1.165, 1.54) is 19.4 Å². The molecule has 3 aromatic carbocycles. The van der Waals surface area contributed by atoms with E-state index in [4.69, 9.17) is 4.74 Å². The van der Waals surface area contributed by atoms with E-state index in [-0.39, 0.29) is 17.2 Å². The normalized spacial score (nSPS) is 11.2. The van der Waals surface area contributed by atoms with E-state index in [2.05, 4.69) is 15.8 Å². The first-order valence-electron chi connectivity index (χ1n) is 10.4. The molecule has 0 heterocycles. The zero-order valence-corrected chi connectivity index (χ0v) is 19.1. The van der Waals surface area contributed by atoms with Crippen LogP contribution in [0.5, 0.6) is 11.5 Å². The van der Waals surface area contributed by atoms with Crippen molar-refractivity contribution in [1.29, 1.82) is 0 Å². The SMILES string of the molecule is COc1cc(C=NNC(=O)C(=Cc2ccc(N(C)C)cc2)NC(=O)c2ccccc2)ccc1O. The van der Waals surface area contributed by atoms with Crippen LogP contribution in [0, 0.1) is 0 Å². The van der Waals surface area contributed by atoms with Crippen LogP contribution < -0.4 is 20.4 Å². The second-order valence-corrected chi connectivity index (χ2v) is 7.49. The van der Waals surface area contributed by atoms with Gasteiger partial charge in [-0.3, -0.25) is 9.59 Å². The zero-order valence-electron chi connectivity index (χ0n) is 19.1. The molecule has 174 valence electrons. The van der Waals surface area contributed by atoms with Gasteiger partial charge in [-0.05, 0) is 59.7 Å². The Labute approximate surface area is 198 Å². The summed E-state index contributed by atoms with van der Waals surface area (Å²) in [5, 5.41) is 16.3. The van der Waals surface area contributed by atoms with Crippen LogP contribution in [0.4, 0.5) is 5.69 Å². The topological polar surface area (TPSA) is 103 Å². The highest BCUT2D eigenvalue weighted by atomic mass is 16.5. The molecule has 34 heavy (non-hydrogen) atoms. The molecule has 0 radical (unpaired) electrons. The Morgan fingerprint density at radius 2 is 1.65 bits per heavy atom. The van der Waals surface area contributed by atoms with Crippen molar-refractivity contribution >= 4 is 29.8 Å². The number of phenols is 1. The third-order valence-electron chi connectivity index (χ3n) is 4.83. The van der Waals surface area contributed by atoms with Gasteiger partial charge in [0.1, 0.15) is 5.70 Å². The fourth-order valence-electron chi connectivity index (χ4n) is 2.98. The van der Waals surface area contributed by atoms with Crippen LogP contribution in [-0.2, 0) is 4.79 Å². The summed E-state index contributed by atoms with van der Waals surface area (Å²) >= 11 is 0. The van der Waals surface area contributed by atoms with Gasteiger partial charge in [0.05, 0.1) is 13.3 Å². The average Bonchev–Trinajstić information content (AvgIpc) is 2.85. The summed E-state index contributed by atoms with van der Waals surface area (Å²) in [4.78, 5) is 27.5. The van der Waals surface area contributed by atoms with Crippen molar-refractivity contribution in [3.05, 3.63) is 95.2 Å². The molecule has 0 unspecified atom stereocenters. The van der Waals surface area contributed by atoms with Gasteiger partial charge in [0.15, 0.2) is 11.5 Å². The number of carbonyl (C=O) groups is 2. The number of benzene rings is 3. The first-order valence-corrected chi connectivity index (χ1v) is 10.4. The van der Waals surface area contributed by atoms with E-state index in [1.54, 1.807) is 48.5 Å². The van der Waals surface area contributed by atoms with E-state index in [9.17, 15) is 14.7 Å². The smallest absolute Gasteiger partial charge is 0.287 e. The van der Waals surface area contributed by atoms with Gasteiger partial charge in [-0.25, -0.2) is 5.43 Å². The maximum absolute atomic E-state index is 12.9. The number of nitrogens with one attached hydrogen (secondary N) is 2. The maximum atomic E-state index is 12.9. The number of carbonyl (C=O) groups excluding carboxylic acids is 2. The number of amides is 2. The summed E-state index contributed by atoms with van der Waals surface area (Å²) in [7, 11) is 5.31. The minimum absolute atomic E-state index is 0.00202. The molecule has 0 aromatic heterocycles. The minimum Gasteiger partial charge on any atom is -0.504 e. The van der Waals surface area contributed by atoms with Crippen molar-refractivity contribution in [3.8, 4) is 11.5 Å². The first-order chi connectivity index (χ1) is 16.4. The lowest BCUT2D eigenvalue weighted by molar-refractivity contribution is -0.117. The largest absolute Gasteiger partial charge is 0.504 e. The third-order valence-corrected chi connectivity index (χ3v) is 4.83. The monoisotopic (exact) mass is 458 g/mol. The lowest BCUT2D eigenvalue weighted by Crippen LogP contribution is -2.32. The summed E-state index contributed by atoms with van der Waals surface area (Å²) in [6.07, 6.45) is 2.98. The number of hydrogen-bond donors (Lipinski definition) is 3. The molecule has 0 atom stereocenters. The first kappa shape index (κ1) is 24.1.